The number of rotatable bonds is 8. The number of benzene rings is 1. The summed E-state index contributed by atoms with van der Waals surface area (Å²) in [4.78, 5) is 20.2. The Labute approximate surface area is 222 Å². The molecule has 2 fully saturated rings. The number of ether oxygens (including phenoxy) is 1. The van der Waals surface area contributed by atoms with E-state index in [1.54, 1.807) is 23.0 Å². The summed E-state index contributed by atoms with van der Waals surface area (Å²) < 4.78 is 9.78. The predicted molar refractivity (Wildman–Crippen MR) is 147 cm³/mol. The van der Waals surface area contributed by atoms with Gasteiger partial charge in [0.25, 0.3) is 5.91 Å². The van der Waals surface area contributed by atoms with Crippen molar-refractivity contribution < 1.29 is 9.53 Å². The summed E-state index contributed by atoms with van der Waals surface area (Å²) in [5.74, 6) is 0.323. The second-order valence-electron chi connectivity index (χ2n) is 10.7. The van der Waals surface area contributed by atoms with Crippen molar-refractivity contribution in [3.05, 3.63) is 48.5 Å². The molecule has 200 valence electrons. The molecule has 0 spiro atoms. The summed E-state index contributed by atoms with van der Waals surface area (Å²) in [6.45, 7) is 9.57. The quantitative estimate of drug-likeness (QED) is 0.366. The molecule has 4 aromatic rings. The lowest BCUT2D eigenvalue weighted by molar-refractivity contribution is 0.0352. The molecule has 0 atom stereocenters. The number of hydrogen-bond acceptors (Lipinski definition) is 7. The Bertz CT molecular complexity index is 1430. The van der Waals surface area contributed by atoms with Gasteiger partial charge in [-0.05, 0) is 71.3 Å². The first-order valence-corrected chi connectivity index (χ1v) is 13.8. The SMILES string of the molecule is CCN(C1CCNCC1)C1CC(n2cc3cc(NC(=O)c4cnn5cccnc45)c(OC(C)C)cc3n2)C1. The molecule has 3 aromatic heterocycles. The van der Waals surface area contributed by atoms with Gasteiger partial charge < -0.3 is 15.4 Å². The number of aromatic nitrogens is 5. The van der Waals surface area contributed by atoms with Crippen LogP contribution in [0.5, 0.6) is 5.75 Å². The largest absolute Gasteiger partial charge is 0.489 e. The third kappa shape index (κ3) is 4.74. The van der Waals surface area contributed by atoms with Crippen LogP contribution in [0.1, 0.15) is 62.9 Å². The average molecular weight is 517 g/mol. The lowest BCUT2D eigenvalue weighted by atomic mass is 9.84. The molecule has 0 radical (unpaired) electrons. The van der Waals surface area contributed by atoms with Crippen molar-refractivity contribution >= 4 is 28.1 Å². The van der Waals surface area contributed by atoms with Crippen molar-refractivity contribution in [1.29, 1.82) is 0 Å². The van der Waals surface area contributed by atoms with Crippen LogP contribution in [0.15, 0.2) is 43.0 Å². The molecule has 2 aliphatic rings. The molecule has 38 heavy (non-hydrogen) atoms. The first-order valence-electron chi connectivity index (χ1n) is 13.8. The van der Waals surface area contributed by atoms with Gasteiger partial charge in [-0.2, -0.15) is 10.2 Å². The highest BCUT2D eigenvalue weighted by Crippen LogP contribution is 2.39. The summed E-state index contributed by atoms with van der Waals surface area (Å²) in [5.41, 5.74) is 2.40. The van der Waals surface area contributed by atoms with Gasteiger partial charge in [0.15, 0.2) is 5.65 Å². The number of hydrogen-bond donors (Lipinski definition) is 2. The topological polar surface area (TPSA) is 102 Å². The zero-order valence-corrected chi connectivity index (χ0v) is 22.3. The van der Waals surface area contributed by atoms with Crippen molar-refractivity contribution in [3.63, 3.8) is 0 Å². The number of fused-ring (bicyclic) bond motifs is 2. The average Bonchev–Trinajstić information content (AvgIpc) is 3.50. The standard InChI is InChI=1S/C28H36N8O2/c1-4-34(20-6-9-29-10-7-20)21-13-22(14-21)36-17-19-12-25(26(38-18(2)3)15-24(19)33-36)32-28(37)23-16-31-35-11-5-8-30-27(23)35/h5,8,11-12,15-18,20-22,29H,4,6-7,9-10,13-14H2,1-3H3,(H,32,37). The van der Waals surface area contributed by atoms with Gasteiger partial charge in [0.05, 0.1) is 29.5 Å². The van der Waals surface area contributed by atoms with E-state index >= 15 is 0 Å². The van der Waals surface area contributed by atoms with Gasteiger partial charge in [-0.25, -0.2) is 9.50 Å². The highest BCUT2D eigenvalue weighted by Gasteiger charge is 2.37. The minimum Gasteiger partial charge on any atom is -0.489 e. The molecule has 6 rings (SSSR count). The summed E-state index contributed by atoms with van der Waals surface area (Å²) in [6.07, 6.45) is 11.7. The van der Waals surface area contributed by atoms with Gasteiger partial charge in [0.2, 0.25) is 0 Å². The number of amides is 1. The second kappa shape index (κ2) is 10.3. The molecule has 4 heterocycles. The van der Waals surface area contributed by atoms with Crippen molar-refractivity contribution in [2.75, 3.05) is 25.0 Å². The Morgan fingerprint density at radius 3 is 2.82 bits per heavy atom. The second-order valence-corrected chi connectivity index (χ2v) is 10.7. The van der Waals surface area contributed by atoms with E-state index in [9.17, 15) is 4.79 Å². The maximum Gasteiger partial charge on any atom is 0.261 e. The molecule has 1 aromatic carbocycles. The lowest BCUT2D eigenvalue weighted by Gasteiger charge is -2.47. The molecule has 0 unspecified atom stereocenters. The summed E-state index contributed by atoms with van der Waals surface area (Å²) >= 11 is 0. The highest BCUT2D eigenvalue weighted by molar-refractivity contribution is 6.09. The van der Waals surface area contributed by atoms with Crippen molar-refractivity contribution in [2.45, 2.75) is 70.7 Å². The van der Waals surface area contributed by atoms with E-state index in [4.69, 9.17) is 9.84 Å². The van der Waals surface area contributed by atoms with E-state index in [0.29, 0.717) is 40.8 Å². The van der Waals surface area contributed by atoms with Crippen LogP contribution in [-0.2, 0) is 0 Å². The van der Waals surface area contributed by atoms with E-state index in [0.717, 1.165) is 43.4 Å². The zero-order valence-electron chi connectivity index (χ0n) is 22.3. The fourth-order valence-corrected chi connectivity index (χ4v) is 5.88. The maximum atomic E-state index is 13.2. The number of anilines is 1. The van der Waals surface area contributed by atoms with Gasteiger partial charge in [0.1, 0.15) is 11.3 Å². The van der Waals surface area contributed by atoms with E-state index in [2.05, 4.69) is 43.4 Å². The third-order valence-electron chi connectivity index (χ3n) is 7.83. The van der Waals surface area contributed by atoms with Gasteiger partial charge in [-0.3, -0.25) is 14.4 Å². The zero-order chi connectivity index (χ0) is 26.2. The Morgan fingerprint density at radius 1 is 1.24 bits per heavy atom. The molecular weight excluding hydrogens is 480 g/mol. The molecule has 1 aliphatic heterocycles. The smallest absolute Gasteiger partial charge is 0.261 e. The van der Waals surface area contributed by atoms with Crippen LogP contribution in [0.2, 0.25) is 0 Å². The van der Waals surface area contributed by atoms with E-state index in [1.807, 2.05) is 26.0 Å². The van der Waals surface area contributed by atoms with Gasteiger partial charge in [-0.15, -0.1) is 0 Å². The molecule has 1 saturated carbocycles. The maximum absolute atomic E-state index is 13.2. The van der Waals surface area contributed by atoms with Gasteiger partial charge >= 0.3 is 0 Å². The van der Waals surface area contributed by atoms with Gasteiger partial charge in [0, 0.05) is 42.1 Å². The Balaban J connectivity index is 1.22. The Kier molecular flexibility index (Phi) is 6.75. The first-order chi connectivity index (χ1) is 18.5. The van der Waals surface area contributed by atoms with Crippen LogP contribution < -0.4 is 15.4 Å². The monoisotopic (exact) mass is 516 g/mol. The van der Waals surface area contributed by atoms with Crippen LogP contribution >= 0.6 is 0 Å². The summed E-state index contributed by atoms with van der Waals surface area (Å²) in [5, 5.41) is 16.6. The molecular formula is C28H36N8O2. The van der Waals surface area contributed by atoms with Gasteiger partial charge in [-0.1, -0.05) is 6.92 Å². The van der Waals surface area contributed by atoms with Crippen LogP contribution in [0.3, 0.4) is 0 Å². The Hall–Kier alpha value is -3.50. The first kappa shape index (κ1) is 24.8. The normalized spacial score (nSPS) is 20.3. The summed E-state index contributed by atoms with van der Waals surface area (Å²) in [7, 11) is 0. The Morgan fingerprint density at radius 2 is 2.05 bits per heavy atom. The lowest BCUT2D eigenvalue weighted by Crippen LogP contribution is -2.52. The highest BCUT2D eigenvalue weighted by atomic mass is 16.5. The van der Waals surface area contributed by atoms with E-state index in [1.165, 1.54) is 19.0 Å². The molecule has 1 aliphatic carbocycles. The number of nitrogens with zero attached hydrogens (tertiary/aromatic N) is 6. The number of carbonyl (C=O) groups excluding carboxylic acids is 1. The van der Waals surface area contributed by atoms with Crippen LogP contribution in [0.25, 0.3) is 16.6 Å². The minimum absolute atomic E-state index is 0.0498. The fourth-order valence-electron chi connectivity index (χ4n) is 5.88. The molecule has 10 heteroatoms. The summed E-state index contributed by atoms with van der Waals surface area (Å²) in [6, 6.07) is 7.36. The van der Waals surface area contributed by atoms with Crippen LogP contribution in [0, 0.1) is 0 Å². The van der Waals surface area contributed by atoms with Crippen molar-refractivity contribution in [3.8, 4) is 5.75 Å². The molecule has 1 saturated heterocycles. The van der Waals surface area contributed by atoms with Crippen LogP contribution in [0.4, 0.5) is 5.69 Å². The number of nitrogens with one attached hydrogen (secondary N) is 2. The van der Waals surface area contributed by atoms with Crippen molar-refractivity contribution in [1.82, 2.24) is 34.6 Å². The van der Waals surface area contributed by atoms with E-state index in [-0.39, 0.29) is 12.0 Å². The molecule has 0 bridgehead atoms. The molecule has 1 amide bonds. The number of carbonyl (C=O) groups is 1. The van der Waals surface area contributed by atoms with Crippen LogP contribution in [-0.4, -0.2) is 73.0 Å². The fraction of sp³-hybridized carbons (Fsp3) is 0.500. The number of piperidine rings is 1. The minimum atomic E-state index is -0.279. The molecule has 2 N–H and O–H groups in total. The van der Waals surface area contributed by atoms with Crippen molar-refractivity contribution in [2.24, 2.45) is 0 Å². The molecule has 10 nitrogen and oxygen atoms in total. The van der Waals surface area contributed by atoms with E-state index < -0.39 is 0 Å². The predicted octanol–water partition coefficient (Wildman–Crippen LogP) is 3.90. The third-order valence-corrected chi connectivity index (χ3v) is 7.83.